The maximum absolute atomic E-state index is 12.0. The average molecular weight is 274 g/mol. The number of carbonyl (C=O) groups excluding carboxylic acids is 1. The van der Waals surface area contributed by atoms with Crippen LogP contribution in [0.5, 0.6) is 5.75 Å². The molecule has 0 aliphatic carbocycles. The van der Waals surface area contributed by atoms with E-state index in [1.54, 1.807) is 30.3 Å². The van der Waals surface area contributed by atoms with E-state index in [2.05, 4.69) is 17.2 Å². The lowest BCUT2D eigenvalue weighted by atomic mass is 10.1. The van der Waals surface area contributed by atoms with Crippen LogP contribution in [0.25, 0.3) is 0 Å². The molecule has 1 heterocycles. The van der Waals surface area contributed by atoms with Crippen LogP contribution in [-0.2, 0) is 0 Å². The van der Waals surface area contributed by atoms with Gasteiger partial charge in [0.2, 0.25) is 0 Å². The van der Waals surface area contributed by atoms with E-state index in [0.717, 1.165) is 31.8 Å². The molecule has 1 aromatic rings. The SMILES string of the molecule is C=CCOc1ccc(C(=O)NCCC2CCNC2)cc1. The Morgan fingerprint density at radius 3 is 2.90 bits per heavy atom. The Labute approximate surface area is 120 Å². The van der Waals surface area contributed by atoms with Gasteiger partial charge in [-0.1, -0.05) is 12.7 Å². The van der Waals surface area contributed by atoms with Crippen LogP contribution in [0.1, 0.15) is 23.2 Å². The zero-order chi connectivity index (χ0) is 14.2. The van der Waals surface area contributed by atoms with Gasteiger partial charge in [0, 0.05) is 12.1 Å². The van der Waals surface area contributed by atoms with Crippen LogP contribution in [0.15, 0.2) is 36.9 Å². The number of ether oxygens (including phenoxy) is 1. The number of hydrogen-bond acceptors (Lipinski definition) is 3. The van der Waals surface area contributed by atoms with E-state index in [0.29, 0.717) is 18.1 Å². The number of carbonyl (C=O) groups is 1. The Balaban J connectivity index is 1.75. The molecule has 108 valence electrons. The van der Waals surface area contributed by atoms with Gasteiger partial charge in [-0.05, 0) is 56.1 Å². The number of amides is 1. The second-order valence-corrected chi connectivity index (χ2v) is 5.03. The Kier molecular flexibility index (Phi) is 5.62. The Hall–Kier alpha value is -1.81. The monoisotopic (exact) mass is 274 g/mol. The van der Waals surface area contributed by atoms with Gasteiger partial charge >= 0.3 is 0 Å². The van der Waals surface area contributed by atoms with E-state index in [-0.39, 0.29) is 5.91 Å². The van der Waals surface area contributed by atoms with Crippen LogP contribution in [0.2, 0.25) is 0 Å². The highest BCUT2D eigenvalue weighted by Crippen LogP contribution is 2.13. The first kappa shape index (κ1) is 14.6. The number of nitrogens with one attached hydrogen (secondary N) is 2. The fraction of sp³-hybridized carbons (Fsp3) is 0.438. The maximum Gasteiger partial charge on any atom is 0.251 e. The van der Waals surface area contributed by atoms with Crippen LogP contribution >= 0.6 is 0 Å². The lowest BCUT2D eigenvalue weighted by molar-refractivity contribution is 0.0951. The lowest BCUT2D eigenvalue weighted by Crippen LogP contribution is -2.26. The number of benzene rings is 1. The zero-order valence-corrected chi connectivity index (χ0v) is 11.7. The standard InChI is InChI=1S/C16H22N2O2/c1-2-11-20-15-5-3-14(4-6-15)16(19)18-10-8-13-7-9-17-12-13/h2-6,13,17H,1,7-12H2,(H,18,19). The van der Waals surface area contributed by atoms with Crippen molar-refractivity contribution in [1.82, 2.24) is 10.6 Å². The fourth-order valence-corrected chi connectivity index (χ4v) is 2.31. The van der Waals surface area contributed by atoms with Gasteiger partial charge in [0.1, 0.15) is 12.4 Å². The summed E-state index contributed by atoms with van der Waals surface area (Å²) in [6.45, 7) is 6.98. The summed E-state index contributed by atoms with van der Waals surface area (Å²) in [7, 11) is 0. The first-order valence-corrected chi connectivity index (χ1v) is 7.12. The summed E-state index contributed by atoms with van der Waals surface area (Å²) in [5, 5.41) is 6.30. The smallest absolute Gasteiger partial charge is 0.251 e. The van der Waals surface area contributed by atoms with Crippen LogP contribution in [0, 0.1) is 5.92 Å². The van der Waals surface area contributed by atoms with Crippen molar-refractivity contribution < 1.29 is 9.53 Å². The van der Waals surface area contributed by atoms with Gasteiger partial charge in [-0.15, -0.1) is 0 Å². The van der Waals surface area contributed by atoms with Crippen LogP contribution < -0.4 is 15.4 Å². The van der Waals surface area contributed by atoms with E-state index < -0.39 is 0 Å². The fourth-order valence-electron chi connectivity index (χ4n) is 2.31. The Morgan fingerprint density at radius 1 is 1.45 bits per heavy atom. The van der Waals surface area contributed by atoms with Crippen LogP contribution in [0.3, 0.4) is 0 Å². The van der Waals surface area contributed by atoms with Gasteiger partial charge in [0.25, 0.3) is 5.91 Å². The first-order chi connectivity index (χ1) is 9.79. The number of rotatable bonds is 7. The molecule has 1 fully saturated rings. The van der Waals surface area contributed by atoms with E-state index in [4.69, 9.17) is 4.74 Å². The molecule has 4 heteroatoms. The topological polar surface area (TPSA) is 50.4 Å². The molecule has 20 heavy (non-hydrogen) atoms. The van der Waals surface area contributed by atoms with Crippen molar-refractivity contribution in [3.05, 3.63) is 42.5 Å². The molecule has 1 aromatic carbocycles. The van der Waals surface area contributed by atoms with Crippen molar-refractivity contribution in [2.45, 2.75) is 12.8 Å². The molecule has 4 nitrogen and oxygen atoms in total. The average Bonchev–Trinajstić information content (AvgIpc) is 2.99. The molecule has 1 amide bonds. The summed E-state index contributed by atoms with van der Waals surface area (Å²) in [6.07, 6.45) is 3.95. The largest absolute Gasteiger partial charge is 0.490 e. The predicted molar refractivity (Wildman–Crippen MR) is 80.1 cm³/mol. The van der Waals surface area contributed by atoms with E-state index >= 15 is 0 Å². The summed E-state index contributed by atoms with van der Waals surface area (Å²) < 4.78 is 5.38. The van der Waals surface area contributed by atoms with Crippen molar-refractivity contribution in [3.8, 4) is 5.75 Å². The highest BCUT2D eigenvalue weighted by Gasteiger charge is 2.14. The normalized spacial score (nSPS) is 17.7. The van der Waals surface area contributed by atoms with Gasteiger partial charge in [-0.2, -0.15) is 0 Å². The molecule has 1 aliphatic rings. The minimum Gasteiger partial charge on any atom is -0.490 e. The third kappa shape index (κ3) is 4.38. The lowest BCUT2D eigenvalue weighted by Gasteiger charge is -2.10. The molecule has 0 radical (unpaired) electrons. The highest BCUT2D eigenvalue weighted by molar-refractivity contribution is 5.94. The molecule has 0 spiro atoms. The minimum atomic E-state index is -0.0220. The molecular formula is C16H22N2O2. The van der Waals surface area contributed by atoms with E-state index in [9.17, 15) is 4.79 Å². The molecule has 0 aromatic heterocycles. The van der Waals surface area contributed by atoms with Crippen molar-refractivity contribution in [2.75, 3.05) is 26.2 Å². The van der Waals surface area contributed by atoms with Crippen LogP contribution in [0.4, 0.5) is 0 Å². The van der Waals surface area contributed by atoms with Crippen molar-refractivity contribution in [1.29, 1.82) is 0 Å². The van der Waals surface area contributed by atoms with E-state index in [1.807, 2.05) is 0 Å². The van der Waals surface area contributed by atoms with Gasteiger partial charge in [-0.25, -0.2) is 0 Å². The van der Waals surface area contributed by atoms with Crippen molar-refractivity contribution >= 4 is 5.91 Å². The molecular weight excluding hydrogens is 252 g/mol. The molecule has 1 aliphatic heterocycles. The maximum atomic E-state index is 12.0. The van der Waals surface area contributed by atoms with Gasteiger partial charge < -0.3 is 15.4 Å². The first-order valence-electron chi connectivity index (χ1n) is 7.12. The summed E-state index contributed by atoms with van der Waals surface area (Å²) in [5.41, 5.74) is 0.667. The molecule has 1 unspecified atom stereocenters. The van der Waals surface area contributed by atoms with Gasteiger partial charge in [0.05, 0.1) is 0 Å². The Morgan fingerprint density at radius 2 is 2.25 bits per heavy atom. The molecule has 1 atom stereocenters. The zero-order valence-electron chi connectivity index (χ0n) is 11.7. The summed E-state index contributed by atoms with van der Waals surface area (Å²) >= 11 is 0. The van der Waals surface area contributed by atoms with E-state index in [1.165, 1.54) is 6.42 Å². The molecule has 1 saturated heterocycles. The van der Waals surface area contributed by atoms with Gasteiger partial charge in [0.15, 0.2) is 0 Å². The second-order valence-electron chi connectivity index (χ2n) is 5.03. The van der Waals surface area contributed by atoms with Crippen LogP contribution in [-0.4, -0.2) is 32.1 Å². The summed E-state index contributed by atoms with van der Waals surface area (Å²) in [6, 6.07) is 7.17. The number of hydrogen-bond donors (Lipinski definition) is 2. The van der Waals surface area contributed by atoms with Gasteiger partial charge in [-0.3, -0.25) is 4.79 Å². The Bertz CT molecular complexity index is 436. The third-order valence-corrected chi connectivity index (χ3v) is 3.48. The van der Waals surface area contributed by atoms with Crippen molar-refractivity contribution in [3.63, 3.8) is 0 Å². The minimum absolute atomic E-state index is 0.0220. The summed E-state index contributed by atoms with van der Waals surface area (Å²) in [4.78, 5) is 12.0. The second kappa shape index (κ2) is 7.70. The highest BCUT2D eigenvalue weighted by atomic mass is 16.5. The third-order valence-electron chi connectivity index (χ3n) is 3.48. The predicted octanol–water partition coefficient (Wildman–Crippen LogP) is 1.98. The molecule has 0 bridgehead atoms. The quantitative estimate of drug-likeness (QED) is 0.748. The summed E-state index contributed by atoms with van der Waals surface area (Å²) in [5.74, 6) is 1.43. The molecule has 2 rings (SSSR count). The van der Waals surface area contributed by atoms with Crippen molar-refractivity contribution in [2.24, 2.45) is 5.92 Å². The molecule has 0 saturated carbocycles. The molecule has 2 N–H and O–H groups in total.